The zero-order valence-electron chi connectivity index (χ0n) is 17.9. The fraction of sp³-hybridized carbons (Fsp3) is 0.308. The van der Waals surface area contributed by atoms with Crippen LogP contribution >= 0.6 is 0 Å². The molecule has 1 aromatic carbocycles. The molecular formula is C26H26N4O2. The lowest BCUT2D eigenvalue weighted by Crippen LogP contribution is -2.57. The van der Waals surface area contributed by atoms with Gasteiger partial charge in [-0.15, -0.1) is 0 Å². The summed E-state index contributed by atoms with van der Waals surface area (Å²) in [6.07, 6.45) is 7.90. The van der Waals surface area contributed by atoms with Gasteiger partial charge in [0.15, 0.2) is 0 Å². The van der Waals surface area contributed by atoms with Gasteiger partial charge in [0.1, 0.15) is 12.4 Å². The van der Waals surface area contributed by atoms with Crippen molar-refractivity contribution in [3.63, 3.8) is 0 Å². The molecule has 3 aromatic heterocycles. The average Bonchev–Trinajstić information content (AvgIpc) is 3.29. The second kappa shape index (κ2) is 7.95. The van der Waals surface area contributed by atoms with Crippen LogP contribution in [0.15, 0.2) is 67.1 Å². The topological polar surface area (TPSA) is 58.9 Å². The predicted octanol–water partition coefficient (Wildman–Crippen LogP) is 3.89. The van der Waals surface area contributed by atoms with E-state index < -0.39 is 0 Å². The molecule has 1 amide bonds. The largest absolute Gasteiger partial charge is 0.489 e. The minimum absolute atomic E-state index is 0.0250. The number of amides is 1. The molecule has 6 nitrogen and oxygen atoms in total. The molecule has 6 heterocycles. The van der Waals surface area contributed by atoms with E-state index in [-0.39, 0.29) is 11.9 Å². The van der Waals surface area contributed by atoms with E-state index in [1.807, 2.05) is 42.7 Å². The second-order valence-electron chi connectivity index (χ2n) is 8.95. The molecule has 2 bridgehead atoms. The maximum Gasteiger partial charge on any atom is 0.253 e. The van der Waals surface area contributed by atoms with Crippen LogP contribution in [0.3, 0.4) is 0 Å². The summed E-state index contributed by atoms with van der Waals surface area (Å²) in [5.74, 6) is 1.46. The molecular weight excluding hydrogens is 400 g/mol. The number of benzene rings is 1. The second-order valence-corrected chi connectivity index (χ2v) is 8.95. The standard InChI is InChI=1S/C26H26N4O2/c31-26(28-24-16-29-10-7-19(24)8-11-29)21-12-22-4-3-20-13-23(5-6-25(20)30(22)15-21)32-17-18-2-1-9-27-14-18/h1-6,9,12-15,19,24H,7-8,10-11,16-17H2,(H,28,31)/t24-/m0/s1. The molecule has 7 rings (SSSR count). The van der Waals surface area contributed by atoms with E-state index in [1.165, 1.54) is 25.9 Å². The summed E-state index contributed by atoms with van der Waals surface area (Å²) in [6, 6.07) is 16.4. The highest BCUT2D eigenvalue weighted by Crippen LogP contribution is 2.28. The summed E-state index contributed by atoms with van der Waals surface area (Å²) >= 11 is 0. The van der Waals surface area contributed by atoms with Crippen molar-refractivity contribution < 1.29 is 9.53 Å². The van der Waals surface area contributed by atoms with Crippen molar-refractivity contribution in [1.29, 1.82) is 0 Å². The third-order valence-corrected chi connectivity index (χ3v) is 6.91. The smallest absolute Gasteiger partial charge is 0.253 e. The van der Waals surface area contributed by atoms with Crippen LogP contribution in [0.2, 0.25) is 0 Å². The van der Waals surface area contributed by atoms with Gasteiger partial charge in [0.05, 0.1) is 11.1 Å². The van der Waals surface area contributed by atoms with Gasteiger partial charge in [-0.2, -0.15) is 0 Å². The van der Waals surface area contributed by atoms with E-state index in [4.69, 9.17) is 4.74 Å². The maximum atomic E-state index is 13.0. The monoisotopic (exact) mass is 426 g/mol. The Kier molecular flexibility index (Phi) is 4.80. The Morgan fingerprint density at radius 2 is 2.03 bits per heavy atom. The number of nitrogens with zero attached hydrogens (tertiary/aromatic N) is 3. The summed E-state index contributed by atoms with van der Waals surface area (Å²) < 4.78 is 8.04. The number of rotatable bonds is 5. The fourth-order valence-electron chi connectivity index (χ4n) is 5.12. The van der Waals surface area contributed by atoms with Crippen molar-refractivity contribution in [2.75, 3.05) is 19.6 Å². The summed E-state index contributed by atoms with van der Waals surface area (Å²) in [7, 11) is 0. The van der Waals surface area contributed by atoms with Crippen molar-refractivity contribution in [3.8, 4) is 5.75 Å². The average molecular weight is 427 g/mol. The minimum Gasteiger partial charge on any atom is -0.489 e. The van der Waals surface area contributed by atoms with E-state index >= 15 is 0 Å². The Bertz CT molecular complexity index is 1280. The zero-order valence-corrected chi connectivity index (χ0v) is 17.9. The number of carbonyl (C=O) groups is 1. The molecule has 3 aliphatic rings. The molecule has 0 saturated carbocycles. The number of hydrogen-bond acceptors (Lipinski definition) is 4. The summed E-state index contributed by atoms with van der Waals surface area (Å²) in [4.78, 5) is 19.6. The van der Waals surface area contributed by atoms with E-state index in [0.717, 1.165) is 34.3 Å². The Morgan fingerprint density at radius 3 is 2.81 bits per heavy atom. The summed E-state index contributed by atoms with van der Waals surface area (Å²) in [5, 5.41) is 4.37. The van der Waals surface area contributed by atoms with Crippen LogP contribution in [0.25, 0.3) is 16.4 Å². The lowest BCUT2D eigenvalue weighted by molar-refractivity contribution is 0.0620. The minimum atomic E-state index is 0.0250. The summed E-state index contributed by atoms with van der Waals surface area (Å²) in [6.45, 7) is 3.81. The van der Waals surface area contributed by atoms with Crippen LogP contribution in [-0.4, -0.2) is 45.9 Å². The van der Waals surface area contributed by atoms with Crippen LogP contribution in [0, 0.1) is 5.92 Å². The Balaban J connectivity index is 1.22. The number of carbonyl (C=O) groups excluding carboxylic acids is 1. The third kappa shape index (κ3) is 3.60. The molecule has 0 radical (unpaired) electrons. The van der Waals surface area contributed by atoms with Crippen LogP contribution in [0.1, 0.15) is 28.8 Å². The predicted molar refractivity (Wildman–Crippen MR) is 124 cm³/mol. The lowest BCUT2D eigenvalue weighted by Gasteiger charge is -2.44. The van der Waals surface area contributed by atoms with E-state index in [0.29, 0.717) is 18.1 Å². The summed E-state index contributed by atoms with van der Waals surface area (Å²) in [5.41, 5.74) is 3.82. The molecule has 0 spiro atoms. The van der Waals surface area contributed by atoms with Crippen LogP contribution in [0.4, 0.5) is 0 Å². The van der Waals surface area contributed by atoms with Crippen molar-refractivity contribution in [1.82, 2.24) is 19.6 Å². The Labute approximate surface area is 186 Å². The van der Waals surface area contributed by atoms with Gasteiger partial charge < -0.3 is 19.4 Å². The first-order valence-electron chi connectivity index (χ1n) is 11.3. The van der Waals surface area contributed by atoms with Gasteiger partial charge in [0.2, 0.25) is 0 Å². The van der Waals surface area contributed by atoms with Gasteiger partial charge >= 0.3 is 0 Å². The van der Waals surface area contributed by atoms with E-state index in [9.17, 15) is 4.79 Å². The van der Waals surface area contributed by atoms with Gasteiger partial charge in [0, 0.05) is 47.6 Å². The van der Waals surface area contributed by atoms with E-state index in [2.05, 4.69) is 37.8 Å². The molecule has 4 aromatic rings. The lowest BCUT2D eigenvalue weighted by atomic mass is 9.84. The molecule has 3 saturated heterocycles. The van der Waals surface area contributed by atoms with Gasteiger partial charge in [-0.05, 0) is 68.2 Å². The van der Waals surface area contributed by atoms with E-state index in [1.54, 1.807) is 6.20 Å². The maximum absolute atomic E-state index is 13.0. The number of ether oxygens (including phenoxy) is 1. The van der Waals surface area contributed by atoms with Gasteiger partial charge in [0.25, 0.3) is 5.91 Å². The molecule has 32 heavy (non-hydrogen) atoms. The Hall–Kier alpha value is -3.38. The quantitative estimate of drug-likeness (QED) is 0.526. The highest BCUT2D eigenvalue weighted by Gasteiger charge is 2.35. The SMILES string of the molecule is O=C(N[C@H]1CN2CCC1CC2)c1cc2ccc3cc(OCc4cccnc4)ccc3n2c1. The third-order valence-electron chi connectivity index (χ3n) is 6.91. The molecule has 1 atom stereocenters. The van der Waals surface area contributed by atoms with Crippen LogP contribution in [-0.2, 0) is 6.61 Å². The number of pyridine rings is 2. The zero-order chi connectivity index (χ0) is 21.5. The molecule has 3 aliphatic heterocycles. The number of nitrogens with one attached hydrogen (secondary N) is 1. The number of piperidine rings is 3. The number of aromatic nitrogens is 2. The van der Waals surface area contributed by atoms with Gasteiger partial charge in [-0.25, -0.2) is 0 Å². The van der Waals surface area contributed by atoms with Crippen LogP contribution in [0.5, 0.6) is 5.75 Å². The number of hydrogen-bond donors (Lipinski definition) is 1. The van der Waals surface area contributed by atoms with Gasteiger partial charge in [-0.1, -0.05) is 12.1 Å². The first-order valence-corrected chi connectivity index (χ1v) is 11.3. The molecule has 0 aliphatic carbocycles. The highest BCUT2D eigenvalue weighted by atomic mass is 16.5. The first-order chi connectivity index (χ1) is 15.7. The van der Waals surface area contributed by atoms with Crippen molar-refractivity contribution in [3.05, 3.63) is 78.2 Å². The van der Waals surface area contributed by atoms with Crippen molar-refractivity contribution >= 4 is 22.3 Å². The van der Waals surface area contributed by atoms with Gasteiger partial charge in [-0.3, -0.25) is 9.78 Å². The molecule has 1 N–H and O–H groups in total. The number of fused-ring (bicyclic) bond motifs is 6. The molecule has 0 unspecified atom stereocenters. The highest BCUT2D eigenvalue weighted by molar-refractivity contribution is 5.97. The normalized spacial score (nSPS) is 22.3. The van der Waals surface area contributed by atoms with Crippen molar-refractivity contribution in [2.24, 2.45) is 5.92 Å². The molecule has 162 valence electrons. The molecule has 6 heteroatoms. The van der Waals surface area contributed by atoms with Crippen molar-refractivity contribution in [2.45, 2.75) is 25.5 Å². The first kappa shape index (κ1) is 19.3. The fourth-order valence-corrected chi connectivity index (χ4v) is 5.12. The molecule has 3 fully saturated rings. The van der Waals surface area contributed by atoms with Crippen LogP contribution < -0.4 is 10.1 Å². The Morgan fingerprint density at radius 1 is 1.12 bits per heavy atom.